The van der Waals surface area contributed by atoms with E-state index in [9.17, 15) is 55.5 Å². The molecule has 0 spiro atoms. The van der Waals surface area contributed by atoms with Crippen LogP contribution in [0.5, 0.6) is 0 Å². The molecule has 0 radical (unpaired) electrons. The fourth-order valence-corrected chi connectivity index (χ4v) is 15.4. The van der Waals surface area contributed by atoms with Crippen LogP contribution in [0.4, 0.5) is 0 Å². The molecule has 25 atom stereocenters. The van der Waals surface area contributed by atoms with Gasteiger partial charge in [-0.3, -0.25) is 4.79 Å². The average molecular weight is 985 g/mol. The standard InChI is InChI=1S/C50H80O19/c1-22-30(53)32(55)36(59)41(64-22)68-38-33(56)31(54)25(21-51)65-42(38)69-39-35(58)34(57)37(40(60)62-9)67-43(39)66-29-14-15-48(6)26(45(29,2)3)13-16-50(8)27(48)12-11-23-24-19-46(4,44(61)63-10)20-28(52)47(24,5)17-18-49(23,50)7/h11,22,24-39,41-43,51-59H,12-21H2,1-10H3/t22-,24-,25+,26?,27+,28+,29-,30-,31-,32+,33-,34-,35-,36+,37-,38+,39+,41-,42-,43+,46-,47+,48-,49+,50+/m0/s1. The van der Waals surface area contributed by atoms with E-state index >= 15 is 0 Å². The largest absolute Gasteiger partial charge is 0.469 e. The Hall–Kier alpha value is -1.92. The summed E-state index contributed by atoms with van der Waals surface area (Å²) in [6.45, 7) is 16.3. The third-order valence-electron chi connectivity index (χ3n) is 20.0. The molecule has 69 heavy (non-hydrogen) atoms. The maximum atomic E-state index is 13.2. The topological polar surface area (TPSA) is 290 Å². The van der Waals surface area contributed by atoms with E-state index in [0.29, 0.717) is 19.3 Å². The van der Waals surface area contributed by atoms with Crippen LogP contribution in [0.3, 0.4) is 0 Å². The molecule has 19 nitrogen and oxygen atoms in total. The zero-order valence-corrected chi connectivity index (χ0v) is 41.8. The van der Waals surface area contributed by atoms with Crippen LogP contribution in [0.15, 0.2) is 11.6 Å². The number of carbonyl (C=O) groups excluding carboxylic acids is 2. The molecule has 8 aliphatic rings. The van der Waals surface area contributed by atoms with Gasteiger partial charge in [0, 0.05) is 5.41 Å². The highest BCUT2D eigenvalue weighted by Crippen LogP contribution is 2.76. The number of hydrogen-bond donors (Lipinski definition) is 9. The van der Waals surface area contributed by atoms with Crippen molar-refractivity contribution in [1.82, 2.24) is 0 Å². The fourth-order valence-electron chi connectivity index (χ4n) is 15.4. The summed E-state index contributed by atoms with van der Waals surface area (Å²) < 4.78 is 47.1. The molecule has 0 aromatic heterocycles. The number of esters is 2. The lowest BCUT2D eigenvalue weighted by molar-refractivity contribution is -0.395. The monoisotopic (exact) mass is 985 g/mol. The number of ether oxygens (including phenoxy) is 8. The summed E-state index contributed by atoms with van der Waals surface area (Å²) in [4.78, 5) is 26.3. The number of aliphatic hydroxyl groups is 9. The zero-order valence-electron chi connectivity index (χ0n) is 41.8. The predicted molar refractivity (Wildman–Crippen MR) is 240 cm³/mol. The summed E-state index contributed by atoms with van der Waals surface area (Å²) in [6, 6.07) is 0. The summed E-state index contributed by atoms with van der Waals surface area (Å²) in [5, 5.41) is 98.9. The maximum Gasteiger partial charge on any atom is 0.337 e. The molecular weight excluding hydrogens is 905 g/mol. The van der Waals surface area contributed by atoms with Gasteiger partial charge in [0.15, 0.2) is 25.0 Å². The van der Waals surface area contributed by atoms with Crippen molar-refractivity contribution in [2.45, 2.75) is 218 Å². The van der Waals surface area contributed by atoms with Crippen molar-refractivity contribution in [3.63, 3.8) is 0 Å². The van der Waals surface area contributed by atoms with Crippen molar-refractivity contribution in [2.75, 3.05) is 20.8 Å². The number of fused-ring (bicyclic) bond motifs is 7. The Labute approximate surface area is 404 Å². The molecule has 5 aliphatic carbocycles. The molecule has 0 aromatic rings. The molecule has 3 heterocycles. The van der Waals surface area contributed by atoms with Crippen LogP contribution in [0, 0.1) is 50.2 Å². The van der Waals surface area contributed by atoms with Crippen LogP contribution in [-0.4, -0.2) is 183 Å². The molecule has 1 unspecified atom stereocenters. The van der Waals surface area contributed by atoms with E-state index in [-0.39, 0.29) is 45.4 Å². The zero-order chi connectivity index (χ0) is 50.7. The van der Waals surface area contributed by atoms with E-state index in [1.807, 2.05) is 6.92 Å². The van der Waals surface area contributed by atoms with E-state index < -0.39 is 128 Å². The molecule has 8 rings (SSSR count). The van der Waals surface area contributed by atoms with E-state index in [1.54, 1.807) is 0 Å². The average Bonchev–Trinajstić information content (AvgIpc) is 3.30. The lowest BCUT2D eigenvalue weighted by Gasteiger charge is -2.71. The Bertz CT molecular complexity index is 1930. The number of hydrogen-bond acceptors (Lipinski definition) is 19. The Morgan fingerprint density at radius 2 is 1.29 bits per heavy atom. The highest BCUT2D eigenvalue weighted by Gasteiger charge is 2.70. The molecule has 0 bridgehead atoms. The van der Waals surface area contributed by atoms with Crippen LogP contribution in [0.1, 0.15) is 113 Å². The minimum atomic E-state index is -1.91. The highest BCUT2D eigenvalue weighted by molar-refractivity contribution is 5.77. The number of allylic oxidation sites excluding steroid dienone is 2. The van der Waals surface area contributed by atoms with Gasteiger partial charge in [0.05, 0.1) is 44.6 Å². The minimum absolute atomic E-state index is 0.0165. The van der Waals surface area contributed by atoms with Gasteiger partial charge in [-0.2, -0.15) is 0 Å². The molecule has 4 saturated carbocycles. The predicted octanol–water partition coefficient (Wildman–Crippen LogP) is 0.974. The third-order valence-corrected chi connectivity index (χ3v) is 20.0. The first-order valence-corrected chi connectivity index (χ1v) is 25.0. The smallest absolute Gasteiger partial charge is 0.337 e. The van der Waals surface area contributed by atoms with Crippen molar-refractivity contribution < 1.29 is 93.4 Å². The van der Waals surface area contributed by atoms with Crippen LogP contribution < -0.4 is 0 Å². The van der Waals surface area contributed by atoms with E-state index in [4.69, 9.17) is 37.9 Å². The van der Waals surface area contributed by atoms with Gasteiger partial charge in [0.25, 0.3) is 0 Å². The molecule has 7 fully saturated rings. The third kappa shape index (κ3) is 8.28. The molecule has 0 amide bonds. The molecule has 19 heteroatoms. The van der Waals surface area contributed by atoms with Gasteiger partial charge in [-0.05, 0) is 111 Å². The molecule has 3 aliphatic heterocycles. The Kier molecular flexibility index (Phi) is 14.5. The van der Waals surface area contributed by atoms with Gasteiger partial charge in [-0.25, -0.2) is 4.79 Å². The summed E-state index contributed by atoms with van der Waals surface area (Å²) in [5.74, 6) is -0.870. The minimum Gasteiger partial charge on any atom is -0.469 e. The Morgan fingerprint density at radius 3 is 1.93 bits per heavy atom. The maximum absolute atomic E-state index is 13.2. The SMILES string of the molecule is COC(=O)[C@H]1O[C@@H](O[C@H]2CC[C@@]3(C)C(CC[C@]4(C)[C@@H]3CC=C3[C@@H]5C[C@](C)(C(=O)OC)C[C@@H](O)[C@]5(C)CC[C@]34C)C2(C)C)[C@H](O[C@@H]2O[C@H](CO)[C@H](O)[C@H](O)[C@H]2O[C@@H]2O[C@@H](C)[C@H](O)[C@@H](O)[C@H]2O)[C@@H](O)[C@@H]1O. The Balaban J connectivity index is 1.07. The van der Waals surface area contributed by atoms with Gasteiger partial charge in [-0.15, -0.1) is 0 Å². The number of methoxy groups -OCH3 is 2. The quantitative estimate of drug-likeness (QED) is 0.0884. The molecule has 0 aromatic carbocycles. The second-order valence-electron chi connectivity index (χ2n) is 23.8. The van der Waals surface area contributed by atoms with Gasteiger partial charge in [-0.1, -0.05) is 53.2 Å². The fraction of sp³-hybridized carbons (Fsp3) is 0.920. The number of carbonyl (C=O) groups is 2. The van der Waals surface area contributed by atoms with Crippen LogP contribution in [0.2, 0.25) is 0 Å². The van der Waals surface area contributed by atoms with Gasteiger partial charge >= 0.3 is 11.9 Å². The molecule has 9 N–H and O–H groups in total. The van der Waals surface area contributed by atoms with Gasteiger partial charge < -0.3 is 83.9 Å². The van der Waals surface area contributed by atoms with Crippen molar-refractivity contribution in [3.05, 3.63) is 11.6 Å². The first-order valence-electron chi connectivity index (χ1n) is 25.0. The molecule has 3 saturated heterocycles. The van der Waals surface area contributed by atoms with Crippen LogP contribution in [-0.2, 0) is 47.5 Å². The van der Waals surface area contributed by atoms with Gasteiger partial charge in [0.1, 0.15) is 61.0 Å². The lowest BCUT2D eigenvalue weighted by Crippen LogP contribution is -2.68. The molecule has 394 valence electrons. The highest BCUT2D eigenvalue weighted by atomic mass is 16.8. The van der Waals surface area contributed by atoms with E-state index in [1.165, 1.54) is 19.6 Å². The second kappa shape index (κ2) is 18.8. The first kappa shape index (κ1) is 53.4. The summed E-state index contributed by atoms with van der Waals surface area (Å²) in [7, 11) is 2.52. The van der Waals surface area contributed by atoms with Crippen molar-refractivity contribution in [1.29, 1.82) is 0 Å². The second-order valence-corrected chi connectivity index (χ2v) is 23.8. The molecular formula is C50H80O19. The van der Waals surface area contributed by atoms with Crippen molar-refractivity contribution in [3.8, 4) is 0 Å². The lowest BCUT2D eigenvalue weighted by atomic mass is 9.33. The first-order chi connectivity index (χ1) is 32.2. The van der Waals surface area contributed by atoms with Crippen LogP contribution in [0.25, 0.3) is 0 Å². The normalized spacial score (nSPS) is 53.9. The van der Waals surface area contributed by atoms with E-state index in [2.05, 4.69) is 47.6 Å². The van der Waals surface area contributed by atoms with E-state index in [0.717, 1.165) is 45.6 Å². The summed E-state index contributed by atoms with van der Waals surface area (Å²) in [5.41, 5.74) is -0.841. The van der Waals surface area contributed by atoms with Crippen molar-refractivity contribution in [2.24, 2.45) is 50.2 Å². The number of rotatable bonds is 9. The number of aliphatic hydroxyl groups excluding tert-OH is 9. The van der Waals surface area contributed by atoms with Crippen LogP contribution >= 0.6 is 0 Å². The Morgan fingerprint density at radius 1 is 0.652 bits per heavy atom. The van der Waals surface area contributed by atoms with Gasteiger partial charge in [0.2, 0.25) is 0 Å². The summed E-state index contributed by atoms with van der Waals surface area (Å²) in [6.07, 6.45) is -17.3. The summed E-state index contributed by atoms with van der Waals surface area (Å²) >= 11 is 0. The van der Waals surface area contributed by atoms with Crippen molar-refractivity contribution >= 4 is 11.9 Å².